The lowest BCUT2D eigenvalue weighted by Crippen LogP contribution is -2.21. The Morgan fingerprint density at radius 2 is 1.92 bits per heavy atom. The molecule has 0 unspecified atom stereocenters. The summed E-state index contributed by atoms with van der Waals surface area (Å²) >= 11 is 13.4. The number of ether oxygens (including phenoxy) is 1. The van der Waals surface area contributed by atoms with E-state index < -0.39 is 11.9 Å². The highest BCUT2D eigenvalue weighted by atomic mass is 35.5. The van der Waals surface area contributed by atoms with Crippen LogP contribution in [0.4, 0.5) is 5.69 Å². The first-order valence-corrected chi connectivity index (χ1v) is 9.34. The van der Waals surface area contributed by atoms with Crippen molar-refractivity contribution in [3.63, 3.8) is 0 Å². The van der Waals surface area contributed by atoms with Gasteiger partial charge in [-0.25, -0.2) is 4.98 Å². The maximum absolute atomic E-state index is 11.9. The highest BCUT2D eigenvalue weighted by molar-refractivity contribution is 7.18. The molecule has 0 saturated heterocycles. The molecule has 3 aromatic rings. The van der Waals surface area contributed by atoms with E-state index in [1.54, 1.807) is 29.5 Å². The lowest BCUT2D eigenvalue weighted by Gasteiger charge is -2.08. The van der Waals surface area contributed by atoms with Gasteiger partial charge in [0.15, 0.2) is 6.61 Å². The fourth-order valence-corrected chi connectivity index (χ4v) is 3.56. The third-order valence-corrected chi connectivity index (χ3v) is 5.39. The summed E-state index contributed by atoms with van der Waals surface area (Å²) in [6, 6.07) is 12.7. The van der Waals surface area contributed by atoms with Crippen LogP contribution in [-0.2, 0) is 20.7 Å². The number of hydrogen-bond donors (Lipinski definition) is 1. The first-order chi connectivity index (χ1) is 12.5. The number of benzene rings is 2. The van der Waals surface area contributed by atoms with Crippen LogP contribution in [0.25, 0.3) is 10.2 Å². The van der Waals surface area contributed by atoms with E-state index in [0.29, 0.717) is 17.1 Å². The number of aryl methyl sites for hydroxylation is 1. The molecule has 1 aromatic heterocycles. The van der Waals surface area contributed by atoms with E-state index in [4.69, 9.17) is 27.9 Å². The second kappa shape index (κ2) is 8.49. The van der Waals surface area contributed by atoms with Crippen molar-refractivity contribution in [1.29, 1.82) is 0 Å². The van der Waals surface area contributed by atoms with Crippen LogP contribution in [-0.4, -0.2) is 23.5 Å². The average molecular weight is 409 g/mol. The first-order valence-electron chi connectivity index (χ1n) is 7.77. The summed E-state index contributed by atoms with van der Waals surface area (Å²) in [5.41, 5.74) is 1.29. The number of thiazole rings is 1. The van der Waals surface area contributed by atoms with Crippen molar-refractivity contribution >= 4 is 62.3 Å². The topological polar surface area (TPSA) is 68.3 Å². The minimum atomic E-state index is -0.484. The maximum atomic E-state index is 11.9. The summed E-state index contributed by atoms with van der Waals surface area (Å²) < 4.78 is 6.07. The van der Waals surface area contributed by atoms with Gasteiger partial charge in [-0.05, 0) is 24.3 Å². The molecule has 0 aliphatic heterocycles. The van der Waals surface area contributed by atoms with Gasteiger partial charge in [-0.1, -0.05) is 41.4 Å². The molecule has 3 rings (SSSR count). The number of aromatic nitrogens is 1. The van der Waals surface area contributed by atoms with Crippen molar-refractivity contribution in [2.24, 2.45) is 0 Å². The molecule has 0 fully saturated rings. The first kappa shape index (κ1) is 18.6. The normalized spacial score (nSPS) is 10.7. The van der Waals surface area contributed by atoms with Crippen LogP contribution in [0, 0.1) is 0 Å². The molecular weight excluding hydrogens is 395 g/mol. The summed E-state index contributed by atoms with van der Waals surface area (Å²) in [7, 11) is 0. The van der Waals surface area contributed by atoms with Crippen LogP contribution in [0.2, 0.25) is 10.0 Å². The number of rotatable bonds is 6. The van der Waals surface area contributed by atoms with E-state index in [9.17, 15) is 9.59 Å². The molecule has 1 heterocycles. The third kappa shape index (κ3) is 4.72. The van der Waals surface area contributed by atoms with Gasteiger partial charge in [0.25, 0.3) is 5.91 Å². The van der Waals surface area contributed by atoms with Gasteiger partial charge in [0.1, 0.15) is 0 Å². The highest BCUT2D eigenvalue weighted by Gasteiger charge is 2.12. The molecule has 5 nitrogen and oxygen atoms in total. The van der Waals surface area contributed by atoms with E-state index in [1.165, 1.54) is 0 Å². The number of halogens is 2. The van der Waals surface area contributed by atoms with Gasteiger partial charge in [-0.15, -0.1) is 11.3 Å². The fourth-order valence-electron chi connectivity index (χ4n) is 2.24. The monoisotopic (exact) mass is 408 g/mol. The number of nitrogens with one attached hydrogen (secondary N) is 1. The highest BCUT2D eigenvalue weighted by Crippen LogP contribution is 2.29. The van der Waals surface area contributed by atoms with Gasteiger partial charge in [-0.3, -0.25) is 9.59 Å². The Hall–Kier alpha value is -2.15. The van der Waals surface area contributed by atoms with Gasteiger partial charge < -0.3 is 10.1 Å². The van der Waals surface area contributed by atoms with Crippen molar-refractivity contribution in [3.05, 3.63) is 57.5 Å². The quantitative estimate of drug-likeness (QED) is 0.599. The number of anilines is 1. The smallest absolute Gasteiger partial charge is 0.306 e. The predicted molar refractivity (Wildman–Crippen MR) is 104 cm³/mol. The number of hydrogen-bond acceptors (Lipinski definition) is 5. The molecule has 134 valence electrons. The van der Waals surface area contributed by atoms with Crippen molar-refractivity contribution in [1.82, 2.24) is 4.98 Å². The Morgan fingerprint density at radius 3 is 2.73 bits per heavy atom. The molecule has 0 aliphatic carbocycles. The van der Waals surface area contributed by atoms with Crippen LogP contribution in [0.15, 0.2) is 42.5 Å². The molecule has 1 N–H and O–H groups in total. The minimum Gasteiger partial charge on any atom is -0.456 e. The van der Waals surface area contributed by atoms with E-state index in [2.05, 4.69) is 10.3 Å². The lowest BCUT2D eigenvalue weighted by molar-refractivity contribution is -0.147. The number of fused-ring (bicyclic) bond motifs is 1. The molecule has 0 atom stereocenters. The summed E-state index contributed by atoms with van der Waals surface area (Å²) in [5.74, 6) is -0.945. The van der Waals surface area contributed by atoms with Gasteiger partial charge in [0.05, 0.1) is 37.4 Å². The standard InChI is InChI=1S/C18H14Cl2N2O3S/c19-11-4-3-6-13(18(11)20)21-15(23)10-25-17(24)9-8-16-22-12-5-1-2-7-14(12)26-16/h1-7H,8-10H2,(H,21,23). The maximum Gasteiger partial charge on any atom is 0.306 e. The average Bonchev–Trinajstić information content (AvgIpc) is 3.05. The summed E-state index contributed by atoms with van der Waals surface area (Å²) in [6.45, 7) is -0.387. The number of para-hydroxylation sites is 1. The molecule has 0 saturated carbocycles. The summed E-state index contributed by atoms with van der Waals surface area (Å²) in [5, 5.41) is 3.99. The number of carbonyl (C=O) groups excluding carboxylic acids is 2. The molecule has 26 heavy (non-hydrogen) atoms. The molecular formula is C18H14Cl2N2O3S. The molecule has 0 aliphatic rings. The van der Waals surface area contributed by atoms with Gasteiger partial charge >= 0.3 is 5.97 Å². The third-order valence-electron chi connectivity index (χ3n) is 3.47. The second-order valence-electron chi connectivity index (χ2n) is 5.39. The fraction of sp³-hybridized carbons (Fsp3) is 0.167. The zero-order valence-corrected chi connectivity index (χ0v) is 15.8. The second-order valence-corrected chi connectivity index (χ2v) is 7.29. The number of carbonyl (C=O) groups is 2. The molecule has 8 heteroatoms. The van der Waals surface area contributed by atoms with E-state index >= 15 is 0 Å². The van der Waals surface area contributed by atoms with Crippen molar-refractivity contribution in [2.45, 2.75) is 12.8 Å². The van der Waals surface area contributed by atoms with E-state index in [-0.39, 0.29) is 18.1 Å². The number of esters is 1. The van der Waals surface area contributed by atoms with Crippen molar-refractivity contribution < 1.29 is 14.3 Å². The van der Waals surface area contributed by atoms with E-state index in [0.717, 1.165) is 15.2 Å². The van der Waals surface area contributed by atoms with Crippen LogP contribution in [0.3, 0.4) is 0 Å². The minimum absolute atomic E-state index is 0.158. The molecule has 1 amide bonds. The SMILES string of the molecule is O=C(COC(=O)CCc1nc2ccccc2s1)Nc1cccc(Cl)c1Cl. The van der Waals surface area contributed by atoms with Crippen molar-refractivity contribution in [3.8, 4) is 0 Å². The summed E-state index contributed by atoms with van der Waals surface area (Å²) in [6.07, 6.45) is 0.630. The largest absolute Gasteiger partial charge is 0.456 e. The zero-order valence-electron chi connectivity index (χ0n) is 13.5. The van der Waals surface area contributed by atoms with Gasteiger partial charge in [-0.2, -0.15) is 0 Å². The predicted octanol–water partition coefficient (Wildman–Crippen LogP) is 4.72. The van der Waals surface area contributed by atoms with Crippen molar-refractivity contribution in [2.75, 3.05) is 11.9 Å². The molecule has 0 radical (unpaired) electrons. The van der Waals surface area contributed by atoms with Gasteiger partial charge in [0, 0.05) is 6.42 Å². The Bertz CT molecular complexity index is 926. The van der Waals surface area contributed by atoms with Crippen LogP contribution in [0.5, 0.6) is 0 Å². The summed E-state index contributed by atoms with van der Waals surface area (Å²) in [4.78, 5) is 28.2. The molecule has 2 aromatic carbocycles. The Balaban J connectivity index is 1.46. The Morgan fingerprint density at radius 1 is 1.12 bits per heavy atom. The molecule has 0 bridgehead atoms. The number of nitrogens with zero attached hydrogens (tertiary/aromatic N) is 1. The Labute approximate surface area is 163 Å². The van der Waals surface area contributed by atoms with Gasteiger partial charge in [0.2, 0.25) is 0 Å². The van der Waals surface area contributed by atoms with Crippen LogP contribution >= 0.6 is 34.5 Å². The van der Waals surface area contributed by atoms with E-state index in [1.807, 2.05) is 24.3 Å². The number of amides is 1. The van der Waals surface area contributed by atoms with Crippen LogP contribution in [0.1, 0.15) is 11.4 Å². The molecule has 0 spiro atoms. The Kier molecular flexibility index (Phi) is 6.08. The van der Waals surface area contributed by atoms with Crippen LogP contribution < -0.4 is 5.32 Å². The lowest BCUT2D eigenvalue weighted by atomic mass is 10.3. The zero-order chi connectivity index (χ0) is 18.5.